The maximum absolute atomic E-state index is 5.24. The lowest BCUT2D eigenvalue weighted by Gasteiger charge is -2.01. The third-order valence-electron chi connectivity index (χ3n) is 2.50. The van der Waals surface area contributed by atoms with E-state index >= 15 is 0 Å². The summed E-state index contributed by atoms with van der Waals surface area (Å²) in [6.45, 7) is 2.42. The van der Waals surface area contributed by atoms with E-state index in [1.807, 2.05) is 35.1 Å². The third kappa shape index (κ3) is 2.02. The van der Waals surface area contributed by atoms with Gasteiger partial charge in [0.2, 0.25) is 0 Å². The van der Waals surface area contributed by atoms with Gasteiger partial charge < -0.3 is 4.52 Å². The summed E-state index contributed by atoms with van der Waals surface area (Å²) in [5, 5.41) is 13.1. The van der Waals surface area contributed by atoms with Crippen molar-refractivity contribution in [3.05, 3.63) is 39.8 Å². The van der Waals surface area contributed by atoms with Crippen LogP contribution in [-0.2, 0) is 6.54 Å². The molecule has 0 atom stereocenters. The Morgan fingerprint density at radius 1 is 1.56 bits per heavy atom. The molecule has 0 radical (unpaired) electrons. The summed E-state index contributed by atoms with van der Waals surface area (Å²) in [5.41, 5.74) is 0.836. The molecule has 0 aliphatic rings. The molecule has 0 aliphatic heterocycles. The molecule has 18 heavy (non-hydrogen) atoms. The number of rotatable bonds is 3. The topological polar surface area (TPSA) is 59.6 Å². The van der Waals surface area contributed by atoms with Gasteiger partial charge in [-0.3, -0.25) is 9.67 Å². The summed E-state index contributed by atoms with van der Waals surface area (Å²) in [7, 11) is 0. The fraction of sp³-hybridized carbons (Fsp3) is 0.182. The van der Waals surface area contributed by atoms with Gasteiger partial charge in [-0.2, -0.15) is 5.10 Å². The normalized spacial score (nSPS) is 10.9. The van der Waals surface area contributed by atoms with Gasteiger partial charge in [-0.1, -0.05) is 11.2 Å². The number of thiophene rings is 1. The van der Waals surface area contributed by atoms with Crippen LogP contribution in [0.1, 0.15) is 11.5 Å². The fourth-order valence-corrected chi connectivity index (χ4v) is 2.63. The first-order chi connectivity index (χ1) is 8.74. The van der Waals surface area contributed by atoms with Crippen LogP contribution < -0.4 is 0 Å². The standard InChI is InChI=1S/C11H10N4OS2/c1-7-5-8(14-16-7)6-15-10(12-13-11(15)17)9-3-2-4-18-9/h2-5H,6H2,1H3,(H,13,17). The zero-order valence-electron chi connectivity index (χ0n) is 9.58. The van der Waals surface area contributed by atoms with Crippen LogP contribution in [0.4, 0.5) is 0 Å². The van der Waals surface area contributed by atoms with E-state index in [9.17, 15) is 0 Å². The molecule has 0 spiro atoms. The number of aryl methyl sites for hydroxylation is 1. The van der Waals surface area contributed by atoms with E-state index < -0.39 is 0 Å². The SMILES string of the molecule is Cc1cc(Cn2c(-c3cccs3)n[nH]c2=S)no1. The number of nitrogens with zero attached hydrogens (tertiary/aromatic N) is 3. The van der Waals surface area contributed by atoms with Crippen molar-refractivity contribution in [2.24, 2.45) is 0 Å². The molecule has 0 aliphatic carbocycles. The molecular formula is C11H10N4OS2. The molecule has 0 saturated carbocycles. The Morgan fingerprint density at radius 2 is 2.44 bits per heavy atom. The van der Waals surface area contributed by atoms with Crippen molar-refractivity contribution in [3.63, 3.8) is 0 Å². The van der Waals surface area contributed by atoms with Crippen molar-refractivity contribution >= 4 is 23.6 Å². The summed E-state index contributed by atoms with van der Waals surface area (Å²) in [6, 6.07) is 5.90. The van der Waals surface area contributed by atoms with Crippen molar-refractivity contribution in [1.82, 2.24) is 19.9 Å². The molecule has 0 amide bonds. The molecule has 92 valence electrons. The first kappa shape index (κ1) is 11.4. The van der Waals surface area contributed by atoms with Gasteiger partial charge in [0.15, 0.2) is 10.6 Å². The van der Waals surface area contributed by atoms with Crippen molar-refractivity contribution in [2.45, 2.75) is 13.5 Å². The zero-order chi connectivity index (χ0) is 12.5. The Balaban J connectivity index is 2.01. The van der Waals surface area contributed by atoms with E-state index in [2.05, 4.69) is 15.4 Å². The minimum Gasteiger partial charge on any atom is -0.361 e. The second-order valence-corrected chi connectivity index (χ2v) is 5.18. The van der Waals surface area contributed by atoms with E-state index in [1.165, 1.54) is 0 Å². The lowest BCUT2D eigenvalue weighted by molar-refractivity contribution is 0.389. The Labute approximate surface area is 112 Å². The molecule has 0 unspecified atom stereocenters. The highest BCUT2D eigenvalue weighted by Crippen LogP contribution is 2.23. The highest BCUT2D eigenvalue weighted by Gasteiger charge is 2.11. The highest BCUT2D eigenvalue weighted by atomic mass is 32.1. The lowest BCUT2D eigenvalue weighted by atomic mass is 10.3. The Kier molecular flexibility index (Phi) is 2.85. The second-order valence-electron chi connectivity index (χ2n) is 3.84. The summed E-state index contributed by atoms with van der Waals surface area (Å²) in [5.74, 6) is 1.62. The molecule has 1 N–H and O–H groups in total. The van der Waals surface area contributed by atoms with Crippen LogP contribution in [0.5, 0.6) is 0 Å². The van der Waals surface area contributed by atoms with Gasteiger partial charge in [-0.25, -0.2) is 0 Å². The van der Waals surface area contributed by atoms with Crippen LogP contribution >= 0.6 is 23.6 Å². The molecule has 7 heteroatoms. The average molecular weight is 278 g/mol. The van der Waals surface area contributed by atoms with Gasteiger partial charge in [0.1, 0.15) is 11.5 Å². The van der Waals surface area contributed by atoms with Crippen LogP contribution in [0, 0.1) is 11.7 Å². The number of H-pyrrole nitrogens is 1. The van der Waals surface area contributed by atoms with E-state index in [-0.39, 0.29) is 0 Å². The summed E-state index contributed by atoms with van der Waals surface area (Å²) >= 11 is 6.87. The van der Waals surface area contributed by atoms with Crippen LogP contribution in [0.2, 0.25) is 0 Å². The molecule has 3 aromatic heterocycles. The lowest BCUT2D eigenvalue weighted by Crippen LogP contribution is -2.02. The predicted octanol–water partition coefficient (Wildman–Crippen LogP) is 3.01. The summed E-state index contributed by atoms with van der Waals surface area (Å²) in [6.07, 6.45) is 0. The number of aromatic nitrogens is 4. The molecule has 0 aromatic carbocycles. The first-order valence-corrected chi connectivity index (χ1v) is 6.64. The second kappa shape index (κ2) is 4.51. The Hall–Kier alpha value is -1.73. The number of aromatic amines is 1. The quantitative estimate of drug-likeness (QED) is 0.748. The van der Waals surface area contributed by atoms with Crippen molar-refractivity contribution < 1.29 is 4.52 Å². The van der Waals surface area contributed by atoms with Gasteiger partial charge in [0.05, 0.1) is 11.4 Å². The smallest absolute Gasteiger partial charge is 0.195 e. The minimum atomic E-state index is 0.555. The van der Waals surface area contributed by atoms with Crippen molar-refractivity contribution in [3.8, 4) is 10.7 Å². The van der Waals surface area contributed by atoms with Crippen molar-refractivity contribution in [1.29, 1.82) is 0 Å². The van der Waals surface area contributed by atoms with Crippen LogP contribution in [0.15, 0.2) is 28.1 Å². The maximum atomic E-state index is 5.24. The molecular weight excluding hydrogens is 268 g/mol. The molecule has 5 nitrogen and oxygen atoms in total. The van der Waals surface area contributed by atoms with Gasteiger partial charge in [0, 0.05) is 6.07 Å². The Bertz CT molecular complexity index is 708. The molecule has 3 heterocycles. The van der Waals surface area contributed by atoms with E-state index in [0.29, 0.717) is 11.3 Å². The minimum absolute atomic E-state index is 0.555. The molecule has 3 aromatic rings. The molecule has 0 bridgehead atoms. The summed E-state index contributed by atoms with van der Waals surface area (Å²) in [4.78, 5) is 1.07. The van der Waals surface area contributed by atoms with E-state index in [1.54, 1.807) is 11.3 Å². The molecule has 0 fully saturated rings. The van der Waals surface area contributed by atoms with Crippen LogP contribution in [0.3, 0.4) is 0 Å². The first-order valence-electron chi connectivity index (χ1n) is 5.35. The molecule has 3 rings (SSSR count). The van der Waals surface area contributed by atoms with Crippen LogP contribution in [0.25, 0.3) is 10.7 Å². The predicted molar refractivity (Wildman–Crippen MR) is 71.1 cm³/mol. The Morgan fingerprint density at radius 3 is 3.11 bits per heavy atom. The highest BCUT2D eigenvalue weighted by molar-refractivity contribution is 7.71. The zero-order valence-corrected chi connectivity index (χ0v) is 11.2. The third-order valence-corrected chi connectivity index (χ3v) is 3.67. The maximum Gasteiger partial charge on any atom is 0.195 e. The van der Waals surface area contributed by atoms with Gasteiger partial charge in [-0.15, -0.1) is 11.3 Å². The van der Waals surface area contributed by atoms with Gasteiger partial charge >= 0.3 is 0 Å². The number of hydrogen-bond donors (Lipinski definition) is 1. The van der Waals surface area contributed by atoms with E-state index in [0.717, 1.165) is 22.2 Å². The van der Waals surface area contributed by atoms with E-state index in [4.69, 9.17) is 16.7 Å². The molecule has 0 saturated heterocycles. The van der Waals surface area contributed by atoms with Gasteiger partial charge in [-0.05, 0) is 30.6 Å². The van der Waals surface area contributed by atoms with Crippen molar-refractivity contribution in [2.75, 3.05) is 0 Å². The fourth-order valence-electron chi connectivity index (χ4n) is 1.71. The average Bonchev–Trinajstić information content (AvgIpc) is 3.03. The van der Waals surface area contributed by atoms with Crippen LogP contribution in [-0.4, -0.2) is 19.9 Å². The summed E-state index contributed by atoms with van der Waals surface area (Å²) < 4.78 is 7.56. The number of hydrogen-bond acceptors (Lipinski definition) is 5. The number of nitrogens with one attached hydrogen (secondary N) is 1. The largest absolute Gasteiger partial charge is 0.361 e. The van der Waals surface area contributed by atoms with Gasteiger partial charge in [0.25, 0.3) is 0 Å². The monoisotopic (exact) mass is 278 g/mol.